The van der Waals surface area contributed by atoms with Gasteiger partial charge in [-0.3, -0.25) is 0 Å². The highest BCUT2D eigenvalue weighted by Gasteiger charge is 2.15. The lowest BCUT2D eigenvalue weighted by atomic mass is 10.1. The molecule has 3 nitrogen and oxygen atoms in total. The van der Waals surface area contributed by atoms with Gasteiger partial charge < -0.3 is 0 Å². The first-order valence-electron chi connectivity index (χ1n) is 6.26. The fourth-order valence-electron chi connectivity index (χ4n) is 2.19. The van der Waals surface area contributed by atoms with Crippen LogP contribution in [0.5, 0.6) is 0 Å². The van der Waals surface area contributed by atoms with Crippen molar-refractivity contribution >= 4 is 11.0 Å². The summed E-state index contributed by atoms with van der Waals surface area (Å²) in [5, 5.41) is 5.60. The van der Waals surface area contributed by atoms with Gasteiger partial charge in [0, 0.05) is 11.6 Å². The number of hydrogen-bond acceptors (Lipinski definition) is 2. The highest BCUT2D eigenvalue weighted by molar-refractivity contribution is 5.80. The Hall–Kier alpha value is -2.23. The van der Waals surface area contributed by atoms with Crippen LogP contribution in [0, 0.1) is 5.82 Å². The Bertz CT molecular complexity index is 731. The predicted octanol–water partition coefficient (Wildman–Crippen LogP) is 3.68. The van der Waals surface area contributed by atoms with E-state index in [0.717, 1.165) is 16.7 Å². The number of rotatable bonds is 2. The van der Waals surface area contributed by atoms with E-state index in [1.54, 1.807) is 16.9 Å². The summed E-state index contributed by atoms with van der Waals surface area (Å²) in [6.45, 7) is 4.18. The molecule has 1 aromatic carbocycles. The molecule has 0 saturated carbocycles. The summed E-state index contributed by atoms with van der Waals surface area (Å²) >= 11 is 0. The molecule has 3 aromatic rings. The maximum Gasteiger partial charge on any atom is 0.163 e. The Balaban J connectivity index is 2.30. The lowest BCUT2D eigenvalue weighted by molar-refractivity contribution is 0.625. The van der Waals surface area contributed by atoms with Gasteiger partial charge in [-0.1, -0.05) is 19.9 Å². The zero-order valence-electron chi connectivity index (χ0n) is 10.8. The molecule has 3 rings (SSSR count). The van der Waals surface area contributed by atoms with Crippen LogP contribution >= 0.6 is 0 Å². The van der Waals surface area contributed by atoms with Crippen LogP contribution < -0.4 is 0 Å². The minimum absolute atomic E-state index is 0.275. The molecule has 0 aliphatic heterocycles. The fourth-order valence-corrected chi connectivity index (χ4v) is 2.19. The number of aromatic nitrogens is 3. The number of fused-ring (bicyclic) bond motifs is 1. The van der Waals surface area contributed by atoms with Gasteiger partial charge in [0.25, 0.3) is 0 Å². The van der Waals surface area contributed by atoms with Crippen molar-refractivity contribution in [3.63, 3.8) is 0 Å². The van der Waals surface area contributed by atoms with Gasteiger partial charge in [0.1, 0.15) is 5.82 Å². The van der Waals surface area contributed by atoms with Gasteiger partial charge in [-0.05, 0) is 36.2 Å². The molecule has 96 valence electrons. The molecule has 0 spiro atoms. The third-order valence-corrected chi connectivity index (χ3v) is 3.07. The summed E-state index contributed by atoms with van der Waals surface area (Å²) in [4.78, 5) is 4.37. The van der Waals surface area contributed by atoms with E-state index < -0.39 is 0 Å². The second kappa shape index (κ2) is 4.46. The van der Waals surface area contributed by atoms with Gasteiger partial charge in [0.15, 0.2) is 5.65 Å². The van der Waals surface area contributed by atoms with Crippen LogP contribution in [0.4, 0.5) is 4.39 Å². The summed E-state index contributed by atoms with van der Waals surface area (Å²) in [6, 6.07) is 10.3. The lowest BCUT2D eigenvalue weighted by Crippen LogP contribution is -1.99. The summed E-state index contributed by atoms with van der Waals surface area (Å²) in [7, 11) is 0. The van der Waals surface area contributed by atoms with Crippen molar-refractivity contribution in [2.75, 3.05) is 0 Å². The van der Waals surface area contributed by atoms with Crippen molar-refractivity contribution in [1.82, 2.24) is 14.8 Å². The van der Waals surface area contributed by atoms with E-state index in [2.05, 4.69) is 23.9 Å². The standard InChI is InChI=1S/C15H14FN3/c1-10(2)14-13-7-4-8-17-15(13)19(18-14)12-6-3-5-11(16)9-12/h3-10H,1-2H3. The molecule has 19 heavy (non-hydrogen) atoms. The van der Waals surface area contributed by atoms with Crippen LogP contribution in [0.3, 0.4) is 0 Å². The van der Waals surface area contributed by atoms with E-state index in [0.29, 0.717) is 11.6 Å². The molecule has 0 radical (unpaired) electrons. The third-order valence-electron chi connectivity index (χ3n) is 3.07. The van der Waals surface area contributed by atoms with E-state index in [9.17, 15) is 4.39 Å². The van der Waals surface area contributed by atoms with E-state index in [4.69, 9.17) is 0 Å². The molecule has 2 heterocycles. The van der Waals surface area contributed by atoms with Crippen LogP contribution in [0.15, 0.2) is 42.6 Å². The number of benzene rings is 1. The van der Waals surface area contributed by atoms with E-state index in [1.807, 2.05) is 18.2 Å². The van der Waals surface area contributed by atoms with Gasteiger partial charge in [-0.2, -0.15) is 5.10 Å². The number of hydrogen-bond donors (Lipinski definition) is 0. The fraction of sp³-hybridized carbons (Fsp3) is 0.200. The van der Waals surface area contributed by atoms with Crippen molar-refractivity contribution in [2.24, 2.45) is 0 Å². The highest BCUT2D eigenvalue weighted by Crippen LogP contribution is 2.25. The van der Waals surface area contributed by atoms with Gasteiger partial charge in [-0.15, -0.1) is 0 Å². The predicted molar refractivity (Wildman–Crippen MR) is 72.9 cm³/mol. The zero-order valence-corrected chi connectivity index (χ0v) is 10.8. The van der Waals surface area contributed by atoms with Gasteiger partial charge >= 0.3 is 0 Å². The molecule has 0 bridgehead atoms. The SMILES string of the molecule is CC(C)c1nn(-c2cccc(F)c2)c2ncccc12. The molecule has 0 amide bonds. The molecule has 0 aliphatic carbocycles. The van der Waals surface area contributed by atoms with Crippen molar-refractivity contribution in [3.05, 3.63) is 54.1 Å². The van der Waals surface area contributed by atoms with Crippen LogP contribution in [-0.4, -0.2) is 14.8 Å². The van der Waals surface area contributed by atoms with Gasteiger partial charge in [0.05, 0.1) is 11.4 Å². The maximum atomic E-state index is 13.4. The first kappa shape index (κ1) is 11.8. The first-order valence-corrected chi connectivity index (χ1v) is 6.26. The Kier molecular flexibility index (Phi) is 2.78. The molecule has 0 unspecified atom stereocenters. The van der Waals surface area contributed by atoms with Gasteiger partial charge in [0.2, 0.25) is 0 Å². The molecular weight excluding hydrogens is 241 g/mol. The minimum atomic E-state index is -0.275. The van der Waals surface area contributed by atoms with E-state index >= 15 is 0 Å². The molecule has 0 aliphatic rings. The smallest absolute Gasteiger partial charge is 0.163 e. The monoisotopic (exact) mass is 255 g/mol. The van der Waals surface area contributed by atoms with Gasteiger partial charge in [-0.25, -0.2) is 14.1 Å². The molecule has 2 aromatic heterocycles. The number of nitrogens with zero attached hydrogens (tertiary/aromatic N) is 3. The summed E-state index contributed by atoms with van der Waals surface area (Å²) in [6.07, 6.45) is 1.73. The summed E-state index contributed by atoms with van der Waals surface area (Å²) < 4.78 is 15.1. The van der Waals surface area contributed by atoms with Crippen molar-refractivity contribution in [3.8, 4) is 5.69 Å². The zero-order chi connectivity index (χ0) is 13.4. The molecule has 0 fully saturated rings. The Morgan fingerprint density at radius 3 is 2.74 bits per heavy atom. The Morgan fingerprint density at radius 2 is 2.00 bits per heavy atom. The molecule has 0 saturated heterocycles. The van der Waals surface area contributed by atoms with E-state index in [-0.39, 0.29) is 5.82 Å². The lowest BCUT2D eigenvalue weighted by Gasteiger charge is -2.02. The molecule has 0 atom stereocenters. The first-order chi connectivity index (χ1) is 9.16. The largest absolute Gasteiger partial charge is 0.237 e. The second-order valence-electron chi connectivity index (χ2n) is 4.81. The van der Waals surface area contributed by atoms with Crippen LogP contribution in [0.1, 0.15) is 25.5 Å². The van der Waals surface area contributed by atoms with E-state index in [1.165, 1.54) is 12.1 Å². The summed E-state index contributed by atoms with van der Waals surface area (Å²) in [5.41, 5.74) is 2.43. The highest BCUT2D eigenvalue weighted by atomic mass is 19.1. The van der Waals surface area contributed by atoms with Crippen molar-refractivity contribution < 1.29 is 4.39 Å². The number of halogens is 1. The van der Waals surface area contributed by atoms with Crippen molar-refractivity contribution in [2.45, 2.75) is 19.8 Å². The topological polar surface area (TPSA) is 30.7 Å². The maximum absolute atomic E-state index is 13.4. The normalized spacial score (nSPS) is 11.4. The second-order valence-corrected chi connectivity index (χ2v) is 4.81. The molecule has 0 N–H and O–H groups in total. The average Bonchev–Trinajstić information content (AvgIpc) is 2.78. The van der Waals surface area contributed by atoms with Crippen LogP contribution in [0.25, 0.3) is 16.7 Å². The number of pyridine rings is 1. The quantitative estimate of drug-likeness (QED) is 0.699. The van der Waals surface area contributed by atoms with Crippen LogP contribution in [0.2, 0.25) is 0 Å². The van der Waals surface area contributed by atoms with Crippen molar-refractivity contribution in [1.29, 1.82) is 0 Å². The Morgan fingerprint density at radius 1 is 1.16 bits per heavy atom. The van der Waals surface area contributed by atoms with Crippen LogP contribution in [-0.2, 0) is 0 Å². The molecular formula is C15H14FN3. The minimum Gasteiger partial charge on any atom is -0.237 e. The summed E-state index contributed by atoms with van der Waals surface area (Å²) in [5.74, 6) is 0.0182. The average molecular weight is 255 g/mol. The molecule has 4 heteroatoms. The third kappa shape index (κ3) is 1.99. The Labute approximate surface area is 110 Å².